The van der Waals surface area contributed by atoms with Gasteiger partial charge < -0.3 is 0 Å². The first-order chi connectivity index (χ1) is 5.55. The molecule has 0 heterocycles. The molecule has 0 radical (unpaired) electrons. The highest BCUT2D eigenvalue weighted by Crippen LogP contribution is 2.60. The molecule has 0 bridgehead atoms. The van der Waals surface area contributed by atoms with Crippen LogP contribution < -0.4 is 0 Å². The van der Waals surface area contributed by atoms with E-state index in [4.69, 9.17) is 0 Å². The van der Waals surface area contributed by atoms with Crippen molar-refractivity contribution in [3.8, 4) is 0 Å². The van der Waals surface area contributed by atoms with Gasteiger partial charge in [-0.1, -0.05) is 0 Å². The third-order valence-corrected chi connectivity index (χ3v) is 3.01. The maximum atomic E-state index is 10.6. The molecule has 0 atom stereocenters. The third-order valence-electron chi connectivity index (χ3n) is 3.01. The van der Waals surface area contributed by atoms with Crippen LogP contribution in [-0.2, 0) is 0 Å². The molecule has 0 unspecified atom stereocenters. The molecule has 0 amide bonds. The topological polar surface area (TPSA) is 86.3 Å². The van der Waals surface area contributed by atoms with Crippen molar-refractivity contribution in [3.05, 3.63) is 20.2 Å². The minimum Gasteiger partial charge on any atom is -0.264 e. The summed E-state index contributed by atoms with van der Waals surface area (Å²) in [7, 11) is 0. The van der Waals surface area contributed by atoms with Gasteiger partial charge in [0.25, 0.3) is 11.1 Å². The summed E-state index contributed by atoms with van der Waals surface area (Å²) in [5.41, 5.74) is -2.40. The van der Waals surface area contributed by atoms with E-state index in [-0.39, 0.29) is 0 Å². The zero-order valence-corrected chi connectivity index (χ0v) is 6.36. The zero-order valence-electron chi connectivity index (χ0n) is 6.36. The maximum Gasteiger partial charge on any atom is 0.291 e. The van der Waals surface area contributed by atoms with Crippen LogP contribution in [0.5, 0.6) is 0 Å². The average molecular weight is 172 g/mol. The van der Waals surface area contributed by atoms with Crippen molar-refractivity contribution >= 4 is 0 Å². The first-order valence-electron chi connectivity index (χ1n) is 3.84. The summed E-state index contributed by atoms with van der Waals surface area (Å²) in [5, 5.41) is 21.2. The van der Waals surface area contributed by atoms with Crippen LogP contribution in [0.3, 0.4) is 0 Å². The molecule has 0 aliphatic heterocycles. The Bertz CT molecular complexity index is 239. The number of hydrogen-bond donors (Lipinski definition) is 0. The van der Waals surface area contributed by atoms with Crippen LogP contribution in [0.1, 0.15) is 25.7 Å². The van der Waals surface area contributed by atoms with Gasteiger partial charge in [0.05, 0.1) is 0 Å². The monoisotopic (exact) mass is 172 g/mol. The number of nitrogens with zero attached hydrogens (tertiary/aromatic N) is 2. The maximum absolute atomic E-state index is 10.6. The summed E-state index contributed by atoms with van der Waals surface area (Å²) in [4.78, 5) is 20.2. The minimum absolute atomic E-state index is 0.376. The molecule has 66 valence electrons. The molecule has 2 fully saturated rings. The summed E-state index contributed by atoms with van der Waals surface area (Å²) in [6, 6.07) is 0. The van der Waals surface area contributed by atoms with Gasteiger partial charge >= 0.3 is 0 Å². The van der Waals surface area contributed by atoms with Crippen LogP contribution >= 0.6 is 0 Å². The fourth-order valence-corrected chi connectivity index (χ4v) is 1.87. The highest BCUT2D eigenvalue weighted by molar-refractivity contribution is 5.18. The van der Waals surface area contributed by atoms with E-state index < -0.39 is 20.9 Å². The summed E-state index contributed by atoms with van der Waals surface area (Å²) >= 11 is 0. The highest BCUT2D eigenvalue weighted by Gasteiger charge is 2.84. The van der Waals surface area contributed by atoms with Crippen LogP contribution in [0.2, 0.25) is 0 Å². The Hall–Kier alpha value is -1.20. The van der Waals surface area contributed by atoms with Crippen LogP contribution in [0, 0.1) is 20.2 Å². The smallest absolute Gasteiger partial charge is 0.264 e. The zero-order chi connectivity index (χ0) is 8.98. The van der Waals surface area contributed by atoms with Crippen LogP contribution in [0.4, 0.5) is 0 Å². The molecule has 2 saturated carbocycles. The Morgan fingerprint density at radius 3 is 1.17 bits per heavy atom. The lowest BCUT2D eigenvalue weighted by Gasteiger charge is -2.10. The Balaban J connectivity index is 2.30. The van der Waals surface area contributed by atoms with Gasteiger partial charge in [-0.3, -0.25) is 20.2 Å². The molecule has 0 aromatic heterocycles. The van der Waals surface area contributed by atoms with Crippen molar-refractivity contribution < 1.29 is 9.85 Å². The highest BCUT2D eigenvalue weighted by atomic mass is 16.7. The van der Waals surface area contributed by atoms with Gasteiger partial charge in [0.15, 0.2) is 0 Å². The first-order valence-corrected chi connectivity index (χ1v) is 3.84. The SMILES string of the molecule is O=[N+]([O-])C1(C2([N+](=O)[O-])CC2)CC1. The molecule has 0 N–H and O–H groups in total. The Kier molecular flexibility index (Phi) is 1.09. The second-order valence-corrected chi connectivity index (χ2v) is 3.58. The first kappa shape index (κ1) is 7.45. The lowest BCUT2D eigenvalue weighted by Crippen LogP contribution is -2.43. The summed E-state index contributed by atoms with van der Waals surface area (Å²) in [6.07, 6.45) is 1.50. The van der Waals surface area contributed by atoms with Gasteiger partial charge in [-0.2, -0.15) is 0 Å². The molecule has 2 rings (SSSR count). The van der Waals surface area contributed by atoms with E-state index in [2.05, 4.69) is 0 Å². The van der Waals surface area contributed by atoms with E-state index in [0.717, 1.165) is 0 Å². The molecule has 6 nitrogen and oxygen atoms in total. The minimum atomic E-state index is -1.20. The van der Waals surface area contributed by atoms with Crippen molar-refractivity contribution in [3.63, 3.8) is 0 Å². The largest absolute Gasteiger partial charge is 0.291 e. The number of rotatable bonds is 3. The van der Waals surface area contributed by atoms with Crippen molar-refractivity contribution in [2.75, 3.05) is 0 Å². The third kappa shape index (κ3) is 0.603. The molecular formula is C6H8N2O4. The second-order valence-electron chi connectivity index (χ2n) is 3.58. The van der Waals surface area contributed by atoms with Crippen molar-refractivity contribution in [2.45, 2.75) is 36.8 Å². The fraction of sp³-hybridized carbons (Fsp3) is 1.00. The van der Waals surface area contributed by atoms with E-state index in [1.807, 2.05) is 0 Å². The summed E-state index contributed by atoms with van der Waals surface area (Å²) in [5.74, 6) is 0. The Morgan fingerprint density at radius 2 is 1.08 bits per heavy atom. The van der Waals surface area contributed by atoms with Crippen LogP contribution in [-0.4, -0.2) is 20.9 Å². The molecule has 2 aliphatic rings. The van der Waals surface area contributed by atoms with Crippen LogP contribution in [0.15, 0.2) is 0 Å². The number of nitro groups is 2. The van der Waals surface area contributed by atoms with Crippen molar-refractivity contribution in [1.82, 2.24) is 0 Å². The number of hydrogen-bond acceptors (Lipinski definition) is 4. The average Bonchev–Trinajstić information content (AvgIpc) is 2.83. The van der Waals surface area contributed by atoms with Crippen LogP contribution in [0.25, 0.3) is 0 Å². The molecular weight excluding hydrogens is 164 g/mol. The predicted octanol–water partition coefficient (Wildman–Crippen LogP) is 0.605. The van der Waals surface area contributed by atoms with Gasteiger partial charge in [0, 0.05) is 35.5 Å². The molecule has 2 aliphatic carbocycles. The normalized spacial score (nSPS) is 27.7. The van der Waals surface area contributed by atoms with Gasteiger partial charge in [-0.05, 0) is 0 Å². The van der Waals surface area contributed by atoms with Gasteiger partial charge in [-0.15, -0.1) is 0 Å². The predicted molar refractivity (Wildman–Crippen MR) is 37.9 cm³/mol. The van der Waals surface area contributed by atoms with E-state index in [1.54, 1.807) is 0 Å². The van der Waals surface area contributed by atoms with Gasteiger partial charge in [-0.25, -0.2) is 0 Å². The molecule has 0 saturated heterocycles. The van der Waals surface area contributed by atoms with E-state index in [9.17, 15) is 20.2 Å². The molecule has 12 heavy (non-hydrogen) atoms. The standard InChI is InChI=1S/C6H8N2O4/c9-7(10)5(1-2-5)6(3-4-6)8(11)12/h1-4H2. The van der Waals surface area contributed by atoms with E-state index >= 15 is 0 Å². The van der Waals surface area contributed by atoms with Crippen molar-refractivity contribution in [2.24, 2.45) is 0 Å². The summed E-state index contributed by atoms with van der Waals surface area (Å²) < 4.78 is 0. The fourth-order valence-electron chi connectivity index (χ4n) is 1.87. The quantitative estimate of drug-likeness (QED) is 0.460. The second kappa shape index (κ2) is 1.75. The Labute approximate surface area is 67.9 Å². The van der Waals surface area contributed by atoms with Crippen molar-refractivity contribution in [1.29, 1.82) is 0 Å². The molecule has 0 aromatic rings. The Morgan fingerprint density at radius 1 is 0.833 bits per heavy atom. The van der Waals surface area contributed by atoms with Gasteiger partial charge in [0.1, 0.15) is 0 Å². The lowest BCUT2D eigenvalue weighted by atomic mass is 10.1. The van der Waals surface area contributed by atoms with Gasteiger partial charge in [0.2, 0.25) is 0 Å². The molecule has 0 aromatic carbocycles. The lowest BCUT2D eigenvalue weighted by molar-refractivity contribution is -0.642. The molecule has 0 spiro atoms. The molecule has 6 heteroatoms. The van der Waals surface area contributed by atoms with E-state index in [0.29, 0.717) is 25.7 Å². The van der Waals surface area contributed by atoms with E-state index in [1.165, 1.54) is 0 Å². The summed E-state index contributed by atoms with van der Waals surface area (Å²) in [6.45, 7) is 0.